The summed E-state index contributed by atoms with van der Waals surface area (Å²) in [5.74, 6) is 0.597. The number of anilines is 3. The minimum atomic E-state index is -0.172. The first-order valence-electron chi connectivity index (χ1n) is 12.3. The van der Waals surface area contributed by atoms with E-state index in [1.54, 1.807) is 24.4 Å². The summed E-state index contributed by atoms with van der Waals surface area (Å²) in [5, 5.41) is 15.7. The van der Waals surface area contributed by atoms with Gasteiger partial charge in [-0.25, -0.2) is 9.97 Å². The molecule has 4 rings (SSSR count). The van der Waals surface area contributed by atoms with Gasteiger partial charge in [-0.05, 0) is 41.8 Å². The van der Waals surface area contributed by atoms with E-state index in [4.69, 9.17) is 4.74 Å². The predicted octanol–water partition coefficient (Wildman–Crippen LogP) is 4.79. The molecule has 1 amide bonds. The van der Waals surface area contributed by atoms with Gasteiger partial charge in [-0.2, -0.15) is 5.26 Å². The zero-order valence-electron chi connectivity index (χ0n) is 21.0. The third-order valence-electron chi connectivity index (χ3n) is 6.25. The molecule has 1 saturated heterocycles. The van der Waals surface area contributed by atoms with Gasteiger partial charge in [-0.15, -0.1) is 0 Å². The zero-order valence-corrected chi connectivity index (χ0v) is 21.0. The number of nitrogens with zero attached hydrogens (tertiary/aromatic N) is 4. The highest BCUT2D eigenvalue weighted by Gasteiger charge is 2.15. The Morgan fingerprint density at radius 1 is 1.11 bits per heavy atom. The number of aromatic nitrogens is 2. The summed E-state index contributed by atoms with van der Waals surface area (Å²) in [4.78, 5) is 23.5. The molecule has 2 heterocycles. The maximum Gasteiger partial charge on any atom is 0.227 e. The number of morpholine rings is 1. The van der Waals surface area contributed by atoms with E-state index in [9.17, 15) is 10.1 Å². The Bertz CT molecular complexity index is 1230. The van der Waals surface area contributed by atoms with Crippen molar-refractivity contribution in [1.82, 2.24) is 14.9 Å². The molecule has 1 fully saturated rings. The van der Waals surface area contributed by atoms with Crippen LogP contribution in [-0.4, -0.2) is 53.6 Å². The molecule has 1 atom stereocenters. The van der Waals surface area contributed by atoms with E-state index in [2.05, 4.69) is 50.6 Å². The molecular formula is C28H32N6O2. The molecule has 8 nitrogen and oxygen atoms in total. The third kappa shape index (κ3) is 6.45. The molecule has 0 aliphatic carbocycles. The van der Waals surface area contributed by atoms with E-state index in [0.29, 0.717) is 28.8 Å². The van der Waals surface area contributed by atoms with Crippen molar-refractivity contribution >= 4 is 23.2 Å². The highest BCUT2D eigenvalue weighted by molar-refractivity contribution is 5.93. The first kappa shape index (κ1) is 25.3. The standard InChI is InChI=1S/C28H32N6O2/c1-19(2)27(35)32-25-9-6-22(16-23(25)17-29)26-10-11-30-28(33-26)31-24-7-4-21(5-8-24)20(3)18-34-12-14-36-15-13-34/h4-11,16,19-20H,12-15,18H2,1-3H3,(H,32,35)(H,30,31,33). The van der Waals surface area contributed by atoms with E-state index in [1.807, 2.05) is 32.0 Å². The van der Waals surface area contributed by atoms with Crippen LogP contribution in [0.1, 0.15) is 37.8 Å². The van der Waals surface area contributed by atoms with E-state index in [-0.39, 0.29) is 11.8 Å². The smallest absolute Gasteiger partial charge is 0.227 e. The van der Waals surface area contributed by atoms with Crippen molar-refractivity contribution in [2.45, 2.75) is 26.7 Å². The van der Waals surface area contributed by atoms with Gasteiger partial charge in [0, 0.05) is 43.0 Å². The predicted molar refractivity (Wildman–Crippen MR) is 141 cm³/mol. The molecule has 36 heavy (non-hydrogen) atoms. The van der Waals surface area contributed by atoms with Crippen LogP contribution in [0.5, 0.6) is 0 Å². The van der Waals surface area contributed by atoms with Crippen LogP contribution in [0.25, 0.3) is 11.3 Å². The molecule has 1 aliphatic rings. The first-order valence-corrected chi connectivity index (χ1v) is 12.3. The van der Waals surface area contributed by atoms with E-state index < -0.39 is 0 Å². The van der Waals surface area contributed by atoms with Crippen LogP contribution < -0.4 is 10.6 Å². The Hall–Kier alpha value is -3.80. The number of ether oxygens (including phenoxy) is 1. The molecule has 3 aromatic rings. The molecule has 1 aromatic heterocycles. The Kier molecular flexibility index (Phi) is 8.26. The van der Waals surface area contributed by atoms with Crippen molar-refractivity contribution in [3.8, 4) is 17.3 Å². The third-order valence-corrected chi connectivity index (χ3v) is 6.25. The number of amides is 1. The maximum absolute atomic E-state index is 12.0. The average molecular weight is 485 g/mol. The van der Waals surface area contributed by atoms with Crippen molar-refractivity contribution < 1.29 is 9.53 Å². The van der Waals surface area contributed by atoms with Gasteiger partial charge in [0.1, 0.15) is 6.07 Å². The van der Waals surface area contributed by atoms with Gasteiger partial charge < -0.3 is 15.4 Å². The summed E-state index contributed by atoms with van der Waals surface area (Å²) in [6.45, 7) is 10.5. The number of rotatable bonds is 8. The molecule has 1 aliphatic heterocycles. The number of hydrogen-bond acceptors (Lipinski definition) is 7. The lowest BCUT2D eigenvalue weighted by Crippen LogP contribution is -2.38. The summed E-state index contributed by atoms with van der Waals surface area (Å²) in [7, 11) is 0. The van der Waals surface area contributed by atoms with Crippen molar-refractivity contribution in [3.05, 3.63) is 65.9 Å². The average Bonchev–Trinajstić information content (AvgIpc) is 2.90. The molecular weight excluding hydrogens is 452 g/mol. The Morgan fingerprint density at radius 3 is 2.56 bits per heavy atom. The van der Waals surface area contributed by atoms with Gasteiger partial charge in [0.25, 0.3) is 0 Å². The van der Waals surface area contributed by atoms with Gasteiger partial charge in [-0.3, -0.25) is 9.69 Å². The second kappa shape index (κ2) is 11.8. The van der Waals surface area contributed by atoms with Crippen molar-refractivity contribution in [3.63, 3.8) is 0 Å². The molecule has 0 spiro atoms. The van der Waals surface area contributed by atoms with Crippen LogP contribution in [0, 0.1) is 17.2 Å². The number of nitriles is 1. The van der Waals surface area contributed by atoms with Gasteiger partial charge in [0.15, 0.2) is 0 Å². The summed E-state index contributed by atoms with van der Waals surface area (Å²) >= 11 is 0. The summed E-state index contributed by atoms with van der Waals surface area (Å²) in [6, 6.07) is 17.6. The van der Waals surface area contributed by atoms with Crippen LogP contribution in [0.2, 0.25) is 0 Å². The Morgan fingerprint density at radius 2 is 1.86 bits per heavy atom. The molecule has 2 aromatic carbocycles. The minimum Gasteiger partial charge on any atom is -0.379 e. The van der Waals surface area contributed by atoms with Gasteiger partial charge >= 0.3 is 0 Å². The number of hydrogen-bond donors (Lipinski definition) is 2. The van der Waals surface area contributed by atoms with Crippen molar-refractivity contribution in [1.29, 1.82) is 5.26 Å². The second-order valence-electron chi connectivity index (χ2n) is 9.34. The van der Waals surface area contributed by atoms with Gasteiger partial charge in [-0.1, -0.05) is 39.0 Å². The summed E-state index contributed by atoms with van der Waals surface area (Å²) in [6.07, 6.45) is 1.68. The van der Waals surface area contributed by atoms with E-state index in [0.717, 1.165) is 44.1 Å². The summed E-state index contributed by atoms with van der Waals surface area (Å²) in [5.41, 5.74) is 4.52. The SMILES string of the molecule is CC(C)C(=O)Nc1ccc(-c2ccnc(Nc3ccc(C(C)CN4CCOCC4)cc3)n2)cc1C#N. The number of carbonyl (C=O) groups excluding carboxylic acids is 1. The molecule has 1 unspecified atom stereocenters. The van der Waals surface area contributed by atoms with Crippen LogP contribution in [-0.2, 0) is 9.53 Å². The maximum atomic E-state index is 12.0. The lowest BCUT2D eigenvalue weighted by Gasteiger charge is -2.29. The van der Waals surface area contributed by atoms with Crippen molar-refractivity contribution in [2.24, 2.45) is 5.92 Å². The fraction of sp³-hybridized carbons (Fsp3) is 0.357. The Labute approximate surface area is 212 Å². The normalized spacial score (nSPS) is 14.8. The molecule has 0 saturated carbocycles. The fourth-order valence-corrected chi connectivity index (χ4v) is 4.06. The highest BCUT2D eigenvalue weighted by Crippen LogP contribution is 2.26. The number of carbonyl (C=O) groups is 1. The summed E-state index contributed by atoms with van der Waals surface area (Å²) < 4.78 is 5.44. The number of nitrogens with one attached hydrogen (secondary N) is 2. The Balaban J connectivity index is 1.44. The lowest BCUT2D eigenvalue weighted by atomic mass is 10.00. The van der Waals surface area contributed by atoms with Crippen LogP contribution in [0.4, 0.5) is 17.3 Å². The fourth-order valence-electron chi connectivity index (χ4n) is 4.06. The largest absolute Gasteiger partial charge is 0.379 e. The molecule has 0 radical (unpaired) electrons. The molecule has 0 bridgehead atoms. The molecule has 2 N–H and O–H groups in total. The van der Waals surface area contributed by atoms with Crippen LogP contribution >= 0.6 is 0 Å². The second-order valence-corrected chi connectivity index (χ2v) is 9.34. The van der Waals surface area contributed by atoms with E-state index >= 15 is 0 Å². The lowest BCUT2D eigenvalue weighted by molar-refractivity contribution is -0.118. The quantitative estimate of drug-likeness (QED) is 0.474. The minimum absolute atomic E-state index is 0.130. The van der Waals surface area contributed by atoms with Crippen LogP contribution in [0.15, 0.2) is 54.7 Å². The zero-order chi connectivity index (χ0) is 25.5. The topological polar surface area (TPSA) is 103 Å². The van der Waals surface area contributed by atoms with Crippen LogP contribution in [0.3, 0.4) is 0 Å². The molecule has 186 valence electrons. The highest BCUT2D eigenvalue weighted by atomic mass is 16.5. The number of benzene rings is 2. The van der Waals surface area contributed by atoms with Gasteiger partial charge in [0.2, 0.25) is 11.9 Å². The first-order chi connectivity index (χ1) is 17.4. The monoisotopic (exact) mass is 484 g/mol. The van der Waals surface area contributed by atoms with Crippen molar-refractivity contribution in [2.75, 3.05) is 43.5 Å². The van der Waals surface area contributed by atoms with E-state index in [1.165, 1.54) is 5.56 Å². The molecule has 8 heteroatoms. The van der Waals surface area contributed by atoms with Gasteiger partial charge in [0.05, 0.1) is 30.2 Å².